The minimum absolute atomic E-state index is 0.0557. The molecule has 1 aliphatic heterocycles. The molecule has 26 heavy (non-hydrogen) atoms. The maximum atomic E-state index is 12.4. The number of nitrogens with zero attached hydrogens (tertiary/aromatic N) is 1. The number of carbonyl (C=O) groups excluding carboxylic acids is 1. The Morgan fingerprint density at radius 3 is 2.35 bits per heavy atom. The van der Waals surface area contributed by atoms with Gasteiger partial charge in [-0.15, -0.1) is 0 Å². The molecule has 2 heterocycles. The van der Waals surface area contributed by atoms with Crippen molar-refractivity contribution >= 4 is 21.4 Å². The van der Waals surface area contributed by atoms with Gasteiger partial charge in [0, 0.05) is 18.5 Å². The van der Waals surface area contributed by atoms with Gasteiger partial charge in [0.25, 0.3) is 0 Å². The number of rotatable bonds is 4. The van der Waals surface area contributed by atoms with Crippen LogP contribution in [0.1, 0.15) is 25.0 Å². The fourth-order valence-electron chi connectivity index (χ4n) is 2.81. The normalized spacial score (nSPS) is 16.5. The van der Waals surface area contributed by atoms with Crippen LogP contribution in [-0.4, -0.2) is 31.2 Å². The van der Waals surface area contributed by atoms with Crippen LogP contribution in [0.4, 0.5) is 0 Å². The van der Waals surface area contributed by atoms with Crippen molar-refractivity contribution in [2.45, 2.75) is 31.3 Å². The number of esters is 1. The molecule has 0 amide bonds. The van der Waals surface area contributed by atoms with E-state index in [9.17, 15) is 13.2 Å². The van der Waals surface area contributed by atoms with Crippen molar-refractivity contribution in [3.05, 3.63) is 59.5 Å². The third kappa shape index (κ3) is 3.48. The van der Waals surface area contributed by atoms with Gasteiger partial charge in [0.15, 0.2) is 9.84 Å². The molecular weight excluding hydrogens is 354 g/mol. The van der Waals surface area contributed by atoms with E-state index in [0.29, 0.717) is 17.0 Å². The summed E-state index contributed by atoms with van der Waals surface area (Å²) in [5.74, 6) is -0.236. The molecule has 2 aromatic rings. The lowest BCUT2D eigenvalue weighted by molar-refractivity contribution is -0.145. The fourth-order valence-corrected chi connectivity index (χ4v) is 3.44. The summed E-state index contributed by atoms with van der Waals surface area (Å²) in [4.78, 5) is 16.7. The quantitative estimate of drug-likeness (QED) is 0.767. The molecule has 0 spiro atoms. The van der Waals surface area contributed by atoms with E-state index < -0.39 is 21.4 Å². The Hall–Kier alpha value is -2.67. The topological polar surface area (TPSA) is 82.6 Å². The van der Waals surface area contributed by atoms with Crippen molar-refractivity contribution in [1.29, 1.82) is 0 Å². The molecule has 0 radical (unpaired) electrons. The molecule has 0 aliphatic carbocycles. The van der Waals surface area contributed by atoms with E-state index in [4.69, 9.17) is 9.47 Å². The van der Waals surface area contributed by atoms with Crippen LogP contribution in [0, 0.1) is 6.92 Å². The number of sulfone groups is 1. The summed E-state index contributed by atoms with van der Waals surface area (Å²) >= 11 is 0. The molecule has 1 aromatic heterocycles. The number of benzene rings is 1. The number of pyridine rings is 1. The molecule has 0 atom stereocenters. The van der Waals surface area contributed by atoms with E-state index in [-0.39, 0.29) is 10.7 Å². The zero-order valence-corrected chi connectivity index (χ0v) is 15.8. The molecule has 0 bridgehead atoms. The highest BCUT2D eigenvalue weighted by atomic mass is 32.2. The third-order valence-corrected chi connectivity index (χ3v) is 5.16. The standard InChI is InChI=1S/C19H19NO5S/c1-12-9-10-20-15(11-12)24-17-16(19(2,3)25-18(17)21)13-5-7-14(8-6-13)26(4,22)23/h5-11H,1-4H3. The molecule has 0 fully saturated rings. The fraction of sp³-hybridized carbons (Fsp3) is 0.263. The highest BCUT2D eigenvalue weighted by Gasteiger charge is 2.43. The monoisotopic (exact) mass is 373 g/mol. The first-order valence-electron chi connectivity index (χ1n) is 7.97. The lowest BCUT2D eigenvalue weighted by Crippen LogP contribution is -2.22. The average Bonchev–Trinajstić information content (AvgIpc) is 2.75. The number of aromatic nitrogens is 1. The first-order valence-corrected chi connectivity index (χ1v) is 9.86. The van der Waals surface area contributed by atoms with Crippen LogP contribution in [0.2, 0.25) is 0 Å². The van der Waals surface area contributed by atoms with Gasteiger partial charge in [-0.2, -0.15) is 0 Å². The van der Waals surface area contributed by atoms with Gasteiger partial charge in [0.1, 0.15) is 5.60 Å². The van der Waals surface area contributed by atoms with E-state index in [0.717, 1.165) is 11.8 Å². The number of aryl methyl sites for hydroxylation is 1. The number of hydrogen-bond acceptors (Lipinski definition) is 6. The number of cyclic esters (lactones) is 1. The van der Waals surface area contributed by atoms with Gasteiger partial charge in [-0.25, -0.2) is 18.2 Å². The predicted octanol–water partition coefficient (Wildman–Crippen LogP) is 2.92. The minimum Gasteiger partial charge on any atom is -0.449 e. The van der Waals surface area contributed by atoms with E-state index in [2.05, 4.69) is 4.98 Å². The van der Waals surface area contributed by atoms with Crippen molar-refractivity contribution in [3.8, 4) is 5.88 Å². The van der Waals surface area contributed by atoms with Crippen LogP contribution in [0.5, 0.6) is 5.88 Å². The van der Waals surface area contributed by atoms with E-state index in [1.807, 2.05) is 13.0 Å². The van der Waals surface area contributed by atoms with Crippen LogP contribution in [-0.2, 0) is 19.4 Å². The number of hydrogen-bond donors (Lipinski definition) is 0. The Morgan fingerprint density at radius 1 is 1.12 bits per heavy atom. The second-order valence-electron chi connectivity index (χ2n) is 6.67. The van der Waals surface area contributed by atoms with Gasteiger partial charge in [-0.3, -0.25) is 0 Å². The Labute approximate surface area is 152 Å². The lowest BCUT2D eigenvalue weighted by Gasteiger charge is -2.21. The zero-order valence-electron chi connectivity index (χ0n) is 14.9. The second kappa shape index (κ2) is 6.25. The molecule has 6 nitrogen and oxygen atoms in total. The number of carbonyl (C=O) groups is 1. The molecule has 0 saturated heterocycles. The van der Waals surface area contributed by atoms with Gasteiger partial charge < -0.3 is 9.47 Å². The van der Waals surface area contributed by atoms with E-state index >= 15 is 0 Å². The summed E-state index contributed by atoms with van der Waals surface area (Å²) in [6.07, 6.45) is 2.74. The van der Waals surface area contributed by atoms with Crippen LogP contribution in [0.3, 0.4) is 0 Å². The number of ether oxygens (including phenoxy) is 2. The molecule has 3 rings (SSSR count). The summed E-state index contributed by atoms with van der Waals surface area (Å²) in [5.41, 5.74) is 1.23. The molecule has 1 aliphatic rings. The van der Waals surface area contributed by atoms with Crippen LogP contribution >= 0.6 is 0 Å². The second-order valence-corrected chi connectivity index (χ2v) is 8.69. The first kappa shape index (κ1) is 18.1. The van der Waals surface area contributed by atoms with Gasteiger partial charge in [-0.1, -0.05) is 12.1 Å². The van der Waals surface area contributed by atoms with Gasteiger partial charge >= 0.3 is 5.97 Å². The summed E-state index contributed by atoms with van der Waals surface area (Å²) < 4.78 is 34.5. The highest BCUT2D eigenvalue weighted by Crippen LogP contribution is 2.40. The first-order chi connectivity index (χ1) is 12.1. The largest absolute Gasteiger partial charge is 0.449 e. The SMILES string of the molecule is Cc1ccnc(OC2=C(c3ccc(S(C)(=O)=O)cc3)C(C)(C)OC2=O)c1. The van der Waals surface area contributed by atoms with Gasteiger partial charge in [0.05, 0.1) is 10.5 Å². The van der Waals surface area contributed by atoms with Crippen molar-refractivity contribution in [3.63, 3.8) is 0 Å². The zero-order chi connectivity index (χ0) is 19.1. The average molecular weight is 373 g/mol. The van der Waals surface area contributed by atoms with Crippen molar-refractivity contribution in [2.75, 3.05) is 6.26 Å². The van der Waals surface area contributed by atoms with E-state index in [1.54, 1.807) is 38.2 Å². The molecule has 0 N–H and O–H groups in total. The minimum atomic E-state index is -3.30. The summed E-state index contributed by atoms with van der Waals surface area (Å²) in [6.45, 7) is 5.40. The Balaban J connectivity index is 2.09. The molecule has 1 aromatic carbocycles. The van der Waals surface area contributed by atoms with Crippen molar-refractivity contribution < 1.29 is 22.7 Å². The maximum absolute atomic E-state index is 12.4. The summed E-state index contributed by atoms with van der Waals surface area (Å²) in [7, 11) is -3.30. The molecule has 0 saturated carbocycles. The third-order valence-electron chi connectivity index (χ3n) is 4.03. The van der Waals surface area contributed by atoms with E-state index in [1.165, 1.54) is 12.1 Å². The molecular formula is C19H19NO5S. The summed E-state index contributed by atoms with van der Waals surface area (Å²) in [6, 6.07) is 9.82. The molecule has 7 heteroatoms. The van der Waals surface area contributed by atoms with Crippen molar-refractivity contribution in [1.82, 2.24) is 4.98 Å². The Morgan fingerprint density at radius 2 is 1.77 bits per heavy atom. The van der Waals surface area contributed by atoms with Crippen molar-refractivity contribution in [2.24, 2.45) is 0 Å². The smallest absolute Gasteiger partial charge is 0.375 e. The summed E-state index contributed by atoms with van der Waals surface area (Å²) in [5, 5.41) is 0. The highest BCUT2D eigenvalue weighted by molar-refractivity contribution is 7.90. The van der Waals surface area contributed by atoms with Crippen LogP contribution in [0.15, 0.2) is 53.2 Å². The van der Waals surface area contributed by atoms with Gasteiger partial charge in [0.2, 0.25) is 11.6 Å². The lowest BCUT2D eigenvalue weighted by atomic mass is 9.92. The van der Waals surface area contributed by atoms with Crippen LogP contribution in [0.25, 0.3) is 5.57 Å². The maximum Gasteiger partial charge on any atom is 0.375 e. The molecule has 136 valence electrons. The molecule has 0 unspecified atom stereocenters. The van der Waals surface area contributed by atoms with Crippen LogP contribution < -0.4 is 4.74 Å². The Bertz CT molecular complexity index is 1000. The van der Waals surface area contributed by atoms with Gasteiger partial charge in [-0.05, 0) is 50.1 Å². The predicted molar refractivity (Wildman–Crippen MR) is 96.2 cm³/mol. The Kier molecular flexibility index (Phi) is 4.36.